The molecule has 2 aliphatic heterocycles. The molecule has 2 saturated heterocycles. The number of amides is 2. The maximum atomic E-state index is 14.2. The van der Waals surface area contributed by atoms with Crippen LogP contribution in [0.1, 0.15) is 30.7 Å². The number of benzene rings is 1. The SMILES string of the molecule is CN1CCCC2(CC(=O)NC(=O)C2c2ccccc2F)C1. The lowest BCUT2D eigenvalue weighted by molar-refractivity contribution is -0.142. The van der Waals surface area contributed by atoms with Gasteiger partial charge in [-0.25, -0.2) is 4.39 Å². The molecule has 2 atom stereocenters. The van der Waals surface area contributed by atoms with Crippen molar-refractivity contribution in [2.45, 2.75) is 25.2 Å². The van der Waals surface area contributed by atoms with Crippen molar-refractivity contribution in [3.63, 3.8) is 0 Å². The van der Waals surface area contributed by atoms with Crippen LogP contribution < -0.4 is 5.32 Å². The zero-order valence-electron chi connectivity index (χ0n) is 12.1. The molecule has 1 aromatic rings. The second kappa shape index (κ2) is 5.22. The summed E-state index contributed by atoms with van der Waals surface area (Å²) in [7, 11) is 1.98. The summed E-state index contributed by atoms with van der Waals surface area (Å²) in [5, 5.41) is 2.38. The molecule has 1 spiro atoms. The summed E-state index contributed by atoms with van der Waals surface area (Å²) >= 11 is 0. The first-order valence-corrected chi connectivity index (χ1v) is 7.28. The standard InChI is InChI=1S/C16H19FN2O2/c1-19-8-4-7-16(10-19)9-13(20)18-15(21)14(16)11-5-2-3-6-12(11)17/h2-3,5-6,14H,4,7-10H2,1H3,(H,18,20,21). The van der Waals surface area contributed by atoms with Crippen molar-refractivity contribution in [1.82, 2.24) is 10.2 Å². The van der Waals surface area contributed by atoms with E-state index in [-0.39, 0.29) is 24.1 Å². The van der Waals surface area contributed by atoms with Crippen LogP contribution in [0, 0.1) is 11.2 Å². The van der Waals surface area contributed by atoms with Crippen molar-refractivity contribution in [3.05, 3.63) is 35.6 Å². The van der Waals surface area contributed by atoms with Crippen LogP contribution >= 0.6 is 0 Å². The number of imide groups is 1. The van der Waals surface area contributed by atoms with Crippen LogP contribution in [0.5, 0.6) is 0 Å². The van der Waals surface area contributed by atoms with Crippen LogP contribution in [-0.2, 0) is 9.59 Å². The molecule has 21 heavy (non-hydrogen) atoms. The number of nitrogens with one attached hydrogen (secondary N) is 1. The summed E-state index contributed by atoms with van der Waals surface area (Å²) in [4.78, 5) is 26.4. The van der Waals surface area contributed by atoms with Crippen LogP contribution in [0.4, 0.5) is 4.39 Å². The first-order chi connectivity index (χ1) is 10.0. The lowest BCUT2D eigenvalue weighted by Gasteiger charge is -2.48. The molecule has 0 radical (unpaired) electrons. The molecule has 1 N–H and O–H groups in total. The number of piperidine rings is 2. The van der Waals surface area contributed by atoms with Crippen LogP contribution in [0.25, 0.3) is 0 Å². The molecule has 0 aliphatic carbocycles. The number of halogens is 1. The Morgan fingerprint density at radius 2 is 2.10 bits per heavy atom. The second-order valence-electron chi connectivity index (χ2n) is 6.25. The van der Waals surface area contributed by atoms with Crippen LogP contribution in [-0.4, -0.2) is 36.9 Å². The number of likely N-dealkylation sites (tertiary alicyclic amines) is 1. The van der Waals surface area contributed by atoms with Gasteiger partial charge in [0.15, 0.2) is 0 Å². The molecule has 0 saturated carbocycles. The summed E-state index contributed by atoms with van der Waals surface area (Å²) < 4.78 is 14.2. The van der Waals surface area contributed by atoms with E-state index in [9.17, 15) is 14.0 Å². The Morgan fingerprint density at radius 3 is 2.81 bits per heavy atom. The van der Waals surface area contributed by atoms with Crippen molar-refractivity contribution in [1.29, 1.82) is 0 Å². The zero-order chi connectivity index (χ0) is 15.0. The molecule has 4 nitrogen and oxygen atoms in total. The van der Waals surface area contributed by atoms with E-state index in [0.717, 1.165) is 19.4 Å². The second-order valence-corrected chi connectivity index (χ2v) is 6.25. The fraction of sp³-hybridized carbons (Fsp3) is 0.500. The van der Waals surface area contributed by atoms with Gasteiger partial charge in [0.2, 0.25) is 11.8 Å². The molecule has 2 amide bonds. The predicted molar refractivity (Wildman–Crippen MR) is 76.1 cm³/mol. The maximum Gasteiger partial charge on any atom is 0.234 e. The van der Waals surface area contributed by atoms with Gasteiger partial charge in [-0.05, 0) is 32.5 Å². The first-order valence-electron chi connectivity index (χ1n) is 7.28. The van der Waals surface area contributed by atoms with E-state index in [0.29, 0.717) is 12.1 Å². The number of carbonyl (C=O) groups is 2. The molecule has 3 rings (SSSR count). The van der Waals surface area contributed by atoms with E-state index in [2.05, 4.69) is 10.2 Å². The number of rotatable bonds is 1. The van der Waals surface area contributed by atoms with E-state index >= 15 is 0 Å². The molecule has 0 aromatic heterocycles. The van der Waals surface area contributed by atoms with Crippen molar-refractivity contribution in [2.24, 2.45) is 5.41 Å². The van der Waals surface area contributed by atoms with E-state index in [1.54, 1.807) is 18.2 Å². The Morgan fingerprint density at radius 1 is 1.33 bits per heavy atom. The van der Waals surface area contributed by atoms with Gasteiger partial charge in [0.25, 0.3) is 0 Å². The number of nitrogens with zero attached hydrogens (tertiary/aromatic N) is 1. The Hall–Kier alpha value is -1.75. The molecule has 112 valence electrons. The third kappa shape index (κ3) is 2.46. The molecule has 2 unspecified atom stereocenters. The third-order valence-electron chi connectivity index (χ3n) is 4.67. The van der Waals surface area contributed by atoms with Gasteiger partial charge in [0, 0.05) is 23.9 Å². The van der Waals surface area contributed by atoms with Gasteiger partial charge in [0.05, 0.1) is 5.92 Å². The zero-order valence-corrected chi connectivity index (χ0v) is 12.1. The largest absolute Gasteiger partial charge is 0.306 e. The van der Waals surface area contributed by atoms with Gasteiger partial charge in [-0.2, -0.15) is 0 Å². The molecule has 2 aliphatic rings. The van der Waals surface area contributed by atoms with Crippen molar-refractivity contribution < 1.29 is 14.0 Å². The van der Waals surface area contributed by atoms with Crippen LogP contribution in [0.3, 0.4) is 0 Å². The Balaban J connectivity index is 2.07. The summed E-state index contributed by atoms with van der Waals surface area (Å²) in [5.41, 5.74) is -0.0907. The monoisotopic (exact) mass is 290 g/mol. The predicted octanol–water partition coefficient (Wildman–Crippen LogP) is 1.67. The van der Waals surface area contributed by atoms with Crippen molar-refractivity contribution in [2.75, 3.05) is 20.1 Å². The minimum Gasteiger partial charge on any atom is -0.306 e. The lowest BCUT2D eigenvalue weighted by Crippen LogP contribution is -2.56. The maximum absolute atomic E-state index is 14.2. The summed E-state index contributed by atoms with van der Waals surface area (Å²) in [6, 6.07) is 6.39. The van der Waals surface area contributed by atoms with Crippen molar-refractivity contribution >= 4 is 11.8 Å². The number of carbonyl (C=O) groups excluding carboxylic acids is 2. The lowest BCUT2D eigenvalue weighted by atomic mass is 9.63. The quantitative estimate of drug-likeness (QED) is 0.800. The fourth-order valence-corrected chi connectivity index (χ4v) is 3.91. The molecule has 2 heterocycles. The molecule has 5 heteroatoms. The summed E-state index contributed by atoms with van der Waals surface area (Å²) in [5.74, 6) is -1.59. The average Bonchev–Trinajstić information content (AvgIpc) is 2.39. The molecular weight excluding hydrogens is 271 g/mol. The number of hydrogen-bond acceptors (Lipinski definition) is 3. The van der Waals surface area contributed by atoms with Gasteiger partial charge < -0.3 is 4.90 Å². The minimum absolute atomic E-state index is 0.247. The molecule has 2 fully saturated rings. The van der Waals surface area contributed by atoms with E-state index in [1.165, 1.54) is 6.07 Å². The number of hydrogen-bond donors (Lipinski definition) is 1. The molecule has 1 aromatic carbocycles. The highest BCUT2D eigenvalue weighted by Gasteiger charge is 2.51. The highest BCUT2D eigenvalue weighted by molar-refractivity contribution is 6.02. The van der Waals surface area contributed by atoms with E-state index in [1.807, 2.05) is 7.05 Å². The third-order valence-corrected chi connectivity index (χ3v) is 4.67. The molecule has 0 bridgehead atoms. The van der Waals surface area contributed by atoms with Gasteiger partial charge in [0.1, 0.15) is 5.82 Å². The average molecular weight is 290 g/mol. The normalized spacial score (nSPS) is 30.5. The van der Waals surface area contributed by atoms with E-state index < -0.39 is 11.3 Å². The highest BCUT2D eigenvalue weighted by Crippen LogP contribution is 2.48. The van der Waals surface area contributed by atoms with Crippen molar-refractivity contribution in [3.8, 4) is 0 Å². The van der Waals surface area contributed by atoms with Gasteiger partial charge in [-0.1, -0.05) is 18.2 Å². The minimum atomic E-state index is -0.598. The topological polar surface area (TPSA) is 49.4 Å². The smallest absolute Gasteiger partial charge is 0.234 e. The Labute approximate surface area is 123 Å². The van der Waals surface area contributed by atoms with Gasteiger partial charge in [-0.3, -0.25) is 14.9 Å². The van der Waals surface area contributed by atoms with Crippen LogP contribution in [0.2, 0.25) is 0 Å². The first kappa shape index (κ1) is 14.2. The summed E-state index contributed by atoms with van der Waals surface area (Å²) in [6.45, 7) is 1.59. The fourth-order valence-electron chi connectivity index (χ4n) is 3.91. The van der Waals surface area contributed by atoms with Gasteiger partial charge >= 0.3 is 0 Å². The Bertz CT molecular complexity index is 589. The van der Waals surface area contributed by atoms with Crippen LogP contribution in [0.15, 0.2) is 24.3 Å². The van der Waals surface area contributed by atoms with E-state index in [4.69, 9.17) is 0 Å². The molecular formula is C16H19FN2O2. The summed E-state index contributed by atoms with van der Waals surface area (Å²) in [6.07, 6.45) is 1.97. The highest BCUT2D eigenvalue weighted by atomic mass is 19.1. The Kier molecular flexibility index (Phi) is 3.53. The van der Waals surface area contributed by atoms with Gasteiger partial charge in [-0.15, -0.1) is 0 Å².